The zero-order chi connectivity index (χ0) is 10.9. The number of benzene rings is 1. The molecule has 0 bridgehead atoms. The zero-order valence-corrected chi connectivity index (χ0v) is 8.25. The molecule has 2 N–H and O–H groups in total. The van der Waals surface area contributed by atoms with E-state index in [4.69, 9.17) is 16.4 Å². The topological polar surface area (TPSA) is 103 Å². The Morgan fingerprint density at radius 1 is 1.43 bits per heavy atom. The highest BCUT2D eigenvalue weighted by Gasteiger charge is 2.17. The number of halogens is 1. The highest BCUT2D eigenvalue weighted by Crippen LogP contribution is 2.26. The lowest BCUT2D eigenvalue weighted by Crippen LogP contribution is -1.98. The number of nitrogen functional groups attached to an aromatic ring is 1. The fraction of sp³-hybridized carbons (Fsp3) is 0. The first-order chi connectivity index (χ1) is 6.32. The molecule has 0 heterocycles. The van der Waals surface area contributed by atoms with Gasteiger partial charge in [0.25, 0.3) is 14.7 Å². The van der Waals surface area contributed by atoms with Gasteiger partial charge in [-0.3, -0.25) is 10.1 Å². The van der Waals surface area contributed by atoms with Gasteiger partial charge in [0.15, 0.2) is 0 Å². The molecule has 0 atom stereocenters. The van der Waals surface area contributed by atoms with Gasteiger partial charge in [0, 0.05) is 16.7 Å². The molecule has 0 spiro atoms. The van der Waals surface area contributed by atoms with Crippen molar-refractivity contribution < 1.29 is 13.3 Å². The monoisotopic (exact) mass is 236 g/mol. The molecule has 76 valence electrons. The van der Waals surface area contributed by atoms with Gasteiger partial charge in [0.05, 0.1) is 9.82 Å². The SMILES string of the molecule is Nc1ccc(S(=O)(=O)Cl)cc1[N+](=O)[O-]. The zero-order valence-electron chi connectivity index (χ0n) is 6.68. The summed E-state index contributed by atoms with van der Waals surface area (Å²) in [5.74, 6) is 0. The Bertz CT molecular complexity index is 485. The minimum atomic E-state index is -3.96. The quantitative estimate of drug-likeness (QED) is 0.358. The van der Waals surface area contributed by atoms with Crippen molar-refractivity contribution in [1.82, 2.24) is 0 Å². The Morgan fingerprint density at radius 2 is 2.00 bits per heavy atom. The van der Waals surface area contributed by atoms with Gasteiger partial charge in [-0.25, -0.2) is 8.42 Å². The van der Waals surface area contributed by atoms with Crippen molar-refractivity contribution in [3.63, 3.8) is 0 Å². The van der Waals surface area contributed by atoms with E-state index in [1.807, 2.05) is 0 Å². The van der Waals surface area contributed by atoms with E-state index in [0.717, 1.165) is 18.2 Å². The van der Waals surface area contributed by atoms with Crippen LogP contribution in [0.3, 0.4) is 0 Å². The molecule has 0 aliphatic rings. The summed E-state index contributed by atoms with van der Waals surface area (Å²) in [5, 5.41) is 10.4. The van der Waals surface area contributed by atoms with E-state index in [9.17, 15) is 18.5 Å². The second-order valence-electron chi connectivity index (χ2n) is 2.42. The number of hydrogen-bond donors (Lipinski definition) is 1. The lowest BCUT2D eigenvalue weighted by atomic mass is 10.3. The summed E-state index contributed by atoms with van der Waals surface area (Å²) in [6.45, 7) is 0. The molecular weight excluding hydrogens is 232 g/mol. The molecule has 1 aromatic carbocycles. The van der Waals surface area contributed by atoms with Crippen LogP contribution < -0.4 is 5.73 Å². The fourth-order valence-electron chi connectivity index (χ4n) is 0.833. The first-order valence-corrected chi connectivity index (χ1v) is 5.62. The minimum Gasteiger partial charge on any atom is -0.393 e. The molecule has 0 aliphatic heterocycles. The van der Waals surface area contributed by atoms with E-state index < -0.39 is 19.7 Å². The van der Waals surface area contributed by atoms with Crippen molar-refractivity contribution in [3.8, 4) is 0 Å². The smallest absolute Gasteiger partial charge is 0.293 e. The maximum Gasteiger partial charge on any atom is 0.293 e. The average molecular weight is 237 g/mol. The number of nitro groups is 1. The second kappa shape index (κ2) is 3.43. The van der Waals surface area contributed by atoms with E-state index in [1.165, 1.54) is 0 Å². The van der Waals surface area contributed by atoms with E-state index in [0.29, 0.717) is 0 Å². The highest BCUT2D eigenvalue weighted by atomic mass is 35.7. The summed E-state index contributed by atoms with van der Waals surface area (Å²) in [6, 6.07) is 3.04. The van der Waals surface area contributed by atoms with Crippen LogP contribution in [0.15, 0.2) is 23.1 Å². The second-order valence-corrected chi connectivity index (χ2v) is 4.98. The van der Waals surface area contributed by atoms with Crippen LogP contribution in [-0.4, -0.2) is 13.3 Å². The number of nitrogens with zero attached hydrogens (tertiary/aromatic N) is 1. The number of nitrogens with two attached hydrogens (primary N) is 1. The van der Waals surface area contributed by atoms with Crippen LogP contribution >= 0.6 is 10.7 Å². The Hall–Kier alpha value is -1.34. The van der Waals surface area contributed by atoms with Crippen molar-refractivity contribution in [2.45, 2.75) is 4.90 Å². The van der Waals surface area contributed by atoms with E-state index >= 15 is 0 Å². The largest absolute Gasteiger partial charge is 0.393 e. The molecule has 1 rings (SSSR count). The van der Waals surface area contributed by atoms with Gasteiger partial charge in [-0.2, -0.15) is 0 Å². The van der Waals surface area contributed by atoms with Crippen molar-refractivity contribution in [2.75, 3.05) is 5.73 Å². The number of hydrogen-bond acceptors (Lipinski definition) is 5. The summed E-state index contributed by atoms with van der Waals surface area (Å²) in [6.07, 6.45) is 0. The minimum absolute atomic E-state index is 0.112. The third-order valence-electron chi connectivity index (χ3n) is 1.48. The molecule has 0 aromatic heterocycles. The molecule has 6 nitrogen and oxygen atoms in total. The first-order valence-electron chi connectivity index (χ1n) is 3.31. The first kappa shape index (κ1) is 10.7. The predicted molar refractivity (Wildman–Crippen MR) is 50.5 cm³/mol. The fourth-order valence-corrected chi connectivity index (χ4v) is 1.60. The molecule has 0 amide bonds. The molecule has 0 radical (unpaired) electrons. The summed E-state index contributed by atoms with van der Waals surface area (Å²) < 4.78 is 21.6. The molecule has 8 heteroatoms. The third kappa shape index (κ3) is 2.12. The Balaban J connectivity index is 3.42. The molecular formula is C6H5ClN2O4S. The lowest BCUT2D eigenvalue weighted by Gasteiger charge is -1.98. The van der Waals surface area contributed by atoms with Gasteiger partial charge < -0.3 is 5.73 Å². The normalized spacial score (nSPS) is 11.2. The molecule has 1 aromatic rings. The van der Waals surface area contributed by atoms with Crippen molar-refractivity contribution >= 4 is 31.1 Å². The van der Waals surface area contributed by atoms with Crippen LogP contribution in [0.25, 0.3) is 0 Å². The van der Waals surface area contributed by atoms with E-state index in [-0.39, 0.29) is 10.6 Å². The number of rotatable bonds is 2. The molecule has 0 unspecified atom stereocenters. The van der Waals surface area contributed by atoms with Gasteiger partial charge in [0.2, 0.25) is 0 Å². The predicted octanol–water partition coefficient (Wildman–Crippen LogP) is 1.10. The summed E-state index contributed by atoms with van der Waals surface area (Å²) in [7, 11) is 1.03. The van der Waals surface area contributed by atoms with Crippen LogP contribution in [-0.2, 0) is 9.05 Å². The van der Waals surface area contributed by atoms with Gasteiger partial charge in [0.1, 0.15) is 5.69 Å². The van der Waals surface area contributed by atoms with Gasteiger partial charge in [-0.05, 0) is 12.1 Å². The Labute approximate surface area is 83.9 Å². The molecule has 0 saturated carbocycles. The van der Waals surface area contributed by atoms with Crippen molar-refractivity contribution in [3.05, 3.63) is 28.3 Å². The highest BCUT2D eigenvalue weighted by molar-refractivity contribution is 8.13. The van der Waals surface area contributed by atoms with Crippen molar-refractivity contribution in [1.29, 1.82) is 0 Å². The maximum atomic E-state index is 10.8. The summed E-state index contributed by atoms with van der Waals surface area (Å²) in [5.41, 5.74) is 4.66. The van der Waals surface area contributed by atoms with E-state index in [1.54, 1.807) is 0 Å². The van der Waals surface area contributed by atoms with E-state index in [2.05, 4.69) is 0 Å². The van der Waals surface area contributed by atoms with Gasteiger partial charge in [-0.1, -0.05) is 0 Å². The standard InChI is InChI=1S/C6H5ClN2O4S/c7-14(12,13)4-1-2-5(8)6(3-4)9(10)11/h1-3H,8H2. The summed E-state index contributed by atoms with van der Waals surface area (Å²) >= 11 is 0. The van der Waals surface area contributed by atoms with Crippen LogP contribution in [0.4, 0.5) is 11.4 Å². The van der Waals surface area contributed by atoms with Gasteiger partial charge >= 0.3 is 0 Å². The maximum absolute atomic E-state index is 10.8. The Morgan fingerprint density at radius 3 is 2.43 bits per heavy atom. The molecule has 0 fully saturated rings. The number of nitro benzene ring substituents is 1. The number of anilines is 1. The average Bonchev–Trinajstić information content (AvgIpc) is 2.02. The lowest BCUT2D eigenvalue weighted by molar-refractivity contribution is -0.384. The van der Waals surface area contributed by atoms with Gasteiger partial charge in [-0.15, -0.1) is 0 Å². The van der Waals surface area contributed by atoms with Crippen LogP contribution in [0, 0.1) is 10.1 Å². The molecule has 14 heavy (non-hydrogen) atoms. The third-order valence-corrected chi connectivity index (χ3v) is 2.83. The summed E-state index contributed by atoms with van der Waals surface area (Å²) in [4.78, 5) is 9.26. The van der Waals surface area contributed by atoms with Crippen LogP contribution in [0.5, 0.6) is 0 Å². The Kier molecular flexibility index (Phi) is 2.63. The van der Waals surface area contributed by atoms with Crippen molar-refractivity contribution in [2.24, 2.45) is 0 Å². The van der Waals surface area contributed by atoms with Crippen LogP contribution in [0.2, 0.25) is 0 Å². The molecule has 0 saturated heterocycles. The van der Waals surface area contributed by atoms with Crippen LogP contribution in [0.1, 0.15) is 0 Å². The molecule has 0 aliphatic carbocycles.